The first-order valence-corrected chi connectivity index (χ1v) is 7.67. The zero-order valence-electron chi connectivity index (χ0n) is 12.1. The van der Waals surface area contributed by atoms with Gasteiger partial charge in [-0.1, -0.05) is 47.1 Å². The maximum atomic E-state index is 5.40. The van der Waals surface area contributed by atoms with Crippen LogP contribution in [0.5, 0.6) is 0 Å². The Hall–Kier alpha value is -1.20. The lowest BCUT2D eigenvalue weighted by Crippen LogP contribution is -2.30. The van der Waals surface area contributed by atoms with E-state index in [1.54, 1.807) is 0 Å². The largest absolute Gasteiger partial charge is 0.339 e. The molecule has 2 unspecified atom stereocenters. The van der Waals surface area contributed by atoms with Crippen molar-refractivity contribution < 1.29 is 4.52 Å². The fourth-order valence-corrected chi connectivity index (χ4v) is 2.55. The summed E-state index contributed by atoms with van der Waals surface area (Å²) in [7, 11) is 1.96. The first-order chi connectivity index (χ1) is 9.63. The van der Waals surface area contributed by atoms with Gasteiger partial charge in [-0.15, -0.1) is 0 Å². The van der Waals surface area contributed by atoms with Crippen LogP contribution in [0.25, 0.3) is 0 Å². The van der Waals surface area contributed by atoms with Crippen molar-refractivity contribution in [2.45, 2.75) is 38.6 Å². The molecule has 0 aliphatic rings. The third-order valence-electron chi connectivity index (χ3n) is 3.56. The molecular weight excluding hydrogens is 318 g/mol. The minimum Gasteiger partial charge on any atom is -0.339 e. The number of hydrogen-bond donors (Lipinski definition) is 1. The summed E-state index contributed by atoms with van der Waals surface area (Å²) in [5, 5.41) is 7.36. The number of halogens is 1. The van der Waals surface area contributed by atoms with Gasteiger partial charge in [-0.2, -0.15) is 4.98 Å². The number of aromatic nitrogens is 2. The minimum atomic E-state index is 0.219. The van der Waals surface area contributed by atoms with Crippen LogP contribution >= 0.6 is 15.9 Å². The van der Waals surface area contributed by atoms with E-state index in [1.165, 1.54) is 5.56 Å². The lowest BCUT2D eigenvalue weighted by atomic mass is 10.00. The van der Waals surface area contributed by atoms with Crippen molar-refractivity contribution in [1.82, 2.24) is 15.5 Å². The molecule has 2 rings (SSSR count). The molecule has 0 saturated heterocycles. The van der Waals surface area contributed by atoms with E-state index in [-0.39, 0.29) is 5.92 Å². The van der Waals surface area contributed by atoms with E-state index < -0.39 is 0 Å². The van der Waals surface area contributed by atoms with Crippen LogP contribution in [0.4, 0.5) is 0 Å². The molecule has 0 aliphatic carbocycles. The highest BCUT2D eigenvalue weighted by Gasteiger charge is 2.21. The maximum Gasteiger partial charge on any atom is 0.231 e. The van der Waals surface area contributed by atoms with Gasteiger partial charge in [0.05, 0.1) is 5.92 Å². The average Bonchev–Trinajstić information content (AvgIpc) is 2.91. The number of likely N-dealkylation sites (N-methyl/N-ethyl adjacent to an activating group) is 1. The Morgan fingerprint density at radius 2 is 2.00 bits per heavy atom. The summed E-state index contributed by atoms with van der Waals surface area (Å²) in [5.41, 5.74) is 1.17. The molecule has 0 radical (unpaired) electrons. The van der Waals surface area contributed by atoms with Gasteiger partial charge in [-0.3, -0.25) is 0 Å². The Bertz CT molecular complexity index is 534. The summed E-state index contributed by atoms with van der Waals surface area (Å²) in [5.74, 6) is 1.66. The smallest absolute Gasteiger partial charge is 0.231 e. The van der Waals surface area contributed by atoms with Gasteiger partial charge in [0, 0.05) is 16.9 Å². The zero-order valence-corrected chi connectivity index (χ0v) is 13.6. The minimum absolute atomic E-state index is 0.219. The van der Waals surface area contributed by atoms with E-state index in [9.17, 15) is 0 Å². The molecule has 1 aromatic carbocycles. The molecule has 4 nitrogen and oxygen atoms in total. The molecule has 20 heavy (non-hydrogen) atoms. The van der Waals surface area contributed by atoms with Crippen LogP contribution in [0.3, 0.4) is 0 Å². The standard InChI is InChI=1S/C15H20BrN3O/c1-4-13(17-3)10(2)15-18-14(19-20-15)9-11-5-7-12(16)8-6-11/h5-8,10,13,17H,4,9H2,1-3H3. The van der Waals surface area contributed by atoms with Gasteiger partial charge in [-0.05, 0) is 31.2 Å². The van der Waals surface area contributed by atoms with E-state index >= 15 is 0 Å². The maximum absolute atomic E-state index is 5.40. The number of hydrogen-bond acceptors (Lipinski definition) is 4. The second-order valence-electron chi connectivity index (χ2n) is 4.94. The predicted molar refractivity (Wildman–Crippen MR) is 82.8 cm³/mol. The first kappa shape index (κ1) is 15.2. The van der Waals surface area contributed by atoms with Crippen molar-refractivity contribution in [2.75, 3.05) is 7.05 Å². The fraction of sp³-hybridized carbons (Fsp3) is 0.467. The van der Waals surface area contributed by atoms with Crippen LogP contribution in [0.15, 0.2) is 33.3 Å². The molecule has 0 spiro atoms. The van der Waals surface area contributed by atoms with E-state index in [0.29, 0.717) is 18.4 Å². The van der Waals surface area contributed by atoms with Gasteiger partial charge in [0.15, 0.2) is 5.82 Å². The highest BCUT2D eigenvalue weighted by atomic mass is 79.9. The molecule has 2 aromatic rings. The van der Waals surface area contributed by atoms with Crippen molar-refractivity contribution in [1.29, 1.82) is 0 Å². The van der Waals surface area contributed by atoms with Gasteiger partial charge >= 0.3 is 0 Å². The van der Waals surface area contributed by atoms with Gasteiger partial charge in [0.2, 0.25) is 5.89 Å². The lowest BCUT2D eigenvalue weighted by Gasteiger charge is -2.18. The van der Waals surface area contributed by atoms with Gasteiger partial charge in [0.1, 0.15) is 0 Å². The molecule has 0 fully saturated rings. The molecule has 2 atom stereocenters. The Kier molecular flexibility index (Phi) is 5.31. The summed E-state index contributed by atoms with van der Waals surface area (Å²) < 4.78 is 6.47. The Balaban J connectivity index is 2.07. The summed E-state index contributed by atoms with van der Waals surface area (Å²) in [4.78, 5) is 4.52. The Morgan fingerprint density at radius 3 is 2.60 bits per heavy atom. The van der Waals surface area contributed by atoms with Crippen molar-refractivity contribution in [2.24, 2.45) is 0 Å². The molecular formula is C15H20BrN3O. The summed E-state index contributed by atoms with van der Waals surface area (Å²) >= 11 is 3.43. The van der Waals surface area contributed by atoms with Crippen molar-refractivity contribution in [3.8, 4) is 0 Å². The van der Waals surface area contributed by atoms with Crippen LogP contribution in [0.1, 0.15) is 43.5 Å². The molecule has 1 N–H and O–H groups in total. The predicted octanol–water partition coefficient (Wildman–Crippen LogP) is 3.52. The van der Waals surface area contributed by atoms with Gasteiger partial charge < -0.3 is 9.84 Å². The number of rotatable bonds is 6. The summed E-state index contributed by atoms with van der Waals surface area (Å²) in [6.45, 7) is 4.26. The third kappa shape index (κ3) is 3.67. The molecule has 108 valence electrons. The SMILES string of the molecule is CCC(NC)C(C)c1nc(Cc2ccc(Br)cc2)no1. The molecule has 0 bridgehead atoms. The molecule has 0 saturated carbocycles. The topological polar surface area (TPSA) is 51.0 Å². The highest BCUT2D eigenvalue weighted by molar-refractivity contribution is 9.10. The molecule has 0 aliphatic heterocycles. The highest BCUT2D eigenvalue weighted by Crippen LogP contribution is 2.20. The summed E-state index contributed by atoms with van der Waals surface area (Å²) in [6.07, 6.45) is 1.72. The monoisotopic (exact) mass is 337 g/mol. The van der Waals surface area contributed by atoms with Crippen molar-refractivity contribution in [3.63, 3.8) is 0 Å². The van der Waals surface area contributed by atoms with E-state index in [2.05, 4.69) is 57.4 Å². The third-order valence-corrected chi connectivity index (χ3v) is 4.09. The average molecular weight is 338 g/mol. The van der Waals surface area contributed by atoms with Crippen LogP contribution in [-0.4, -0.2) is 23.2 Å². The second-order valence-corrected chi connectivity index (χ2v) is 5.86. The first-order valence-electron chi connectivity index (χ1n) is 6.88. The van der Waals surface area contributed by atoms with Crippen LogP contribution < -0.4 is 5.32 Å². The second kappa shape index (κ2) is 6.99. The number of nitrogens with one attached hydrogen (secondary N) is 1. The Labute approximate surface area is 128 Å². The van der Waals surface area contributed by atoms with E-state index in [0.717, 1.165) is 16.7 Å². The molecule has 5 heteroatoms. The molecule has 1 aromatic heterocycles. The summed E-state index contributed by atoms with van der Waals surface area (Å²) in [6, 6.07) is 8.52. The van der Waals surface area contributed by atoms with Crippen LogP contribution in [0, 0.1) is 0 Å². The van der Waals surface area contributed by atoms with Gasteiger partial charge in [0.25, 0.3) is 0 Å². The number of benzene rings is 1. The van der Waals surface area contributed by atoms with E-state index in [4.69, 9.17) is 4.52 Å². The van der Waals surface area contributed by atoms with Crippen molar-refractivity contribution in [3.05, 3.63) is 46.0 Å². The molecule has 1 heterocycles. The zero-order chi connectivity index (χ0) is 14.5. The Morgan fingerprint density at radius 1 is 1.30 bits per heavy atom. The van der Waals surface area contributed by atoms with Crippen LogP contribution in [0.2, 0.25) is 0 Å². The normalized spacial score (nSPS) is 14.2. The lowest BCUT2D eigenvalue weighted by molar-refractivity contribution is 0.324. The van der Waals surface area contributed by atoms with E-state index in [1.807, 2.05) is 19.2 Å². The molecule has 0 amide bonds. The van der Waals surface area contributed by atoms with Gasteiger partial charge in [-0.25, -0.2) is 0 Å². The van der Waals surface area contributed by atoms with Crippen molar-refractivity contribution >= 4 is 15.9 Å². The fourth-order valence-electron chi connectivity index (χ4n) is 2.29. The van der Waals surface area contributed by atoms with Crippen LogP contribution in [-0.2, 0) is 6.42 Å². The quantitative estimate of drug-likeness (QED) is 0.876. The number of nitrogens with zero attached hydrogens (tertiary/aromatic N) is 2.